The van der Waals surface area contributed by atoms with Crippen LogP contribution in [0.1, 0.15) is 49.4 Å². The fraction of sp³-hybridized carbons (Fsp3) is 0.316. The molecule has 2 aromatic rings. The maximum Gasteiger partial charge on any atom is 0.163 e. The van der Waals surface area contributed by atoms with Gasteiger partial charge in [0.15, 0.2) is 5.78 Å². The van der Waals surface area contributed by atoms with Gasteiger partial charge in [0.25, 0.3) is 0 Å². The van der Waals surface area contributed by atoms with Crippen LogP contribution >= 0.6 is 0 Å². The molecule has 0 saturated heterocycles. The second-order valence-corrected chi connectivity index (χ2v) is 5.15. The van der Waals surface area contributed by atoms with Crippen molar-refractivity contribution in [2.75, 3.05) is 0 Å². The number of unbranched alkanes of at least 4 members (excludes halogenated alkanes) is 3. The second kappa shape index (κ2) is 7.64. The van der Waals surface area contributed by atoms with Crippen molar-refractivity contribution < 1.29 is 4.79 Å². The molecule has 0 spiro atoms. The Balaban J connectivity index is 2.14. The van der Waals surface area contributed by atoms with Gasteiger partial charge >= 0.3 is 0 Å². The molecule has 0 heterocycles. The van der Waals surface area contributed by atoms with Crippen molar-refractivity contribution in [2.24, 2.45) is 0 Å². The van der Waals surface area contributed by atoms with Gasteiger partial charge in [-0.05, 0) is 17.5 Å². The minimum Gasteiger partial charge on any atom is -0.294 e. The van der Waals surface area contributed by atoms with Gasteiger partial charge in [-0.1, -0.05) is 80.8 Å². The van der Waals surface area contributed by atoms with E-state index in [0.717, 1.165) is 29.5 Å². The van der Waals surface area contributed by atoms with E-state index in [1.54, 1.807) is 0 Å². The van der Waals surface area contributed by atoms with Crippen molar-refractivity contribution in [3.8, 4) is 11.1 Å². The van der Waals surface area contributed by atoms with Crippen molar-refractivity contribution >= 4 is 5.78 Å². The van der Waals surface area contributed by atoms with Gasteiger partial charge in [0.05, 0.1) is 0 Å². The largest absolute Gasteiger partial charge is 0.294 e. The molecule has 0 bridgehead atoms. The standard InChI is InChI=1S/C19H22O/c1-2-3-4-8-15-19(20)18-14-10-9-13-17(18)16-11-6-5-7-12-16/h5-7,9-14H,2-4,8,15H2,1H3. The van der Waals surface area contributed by atoms with E-state index < -0.39 is 0 Å². The van der Waals surface area contributed by atoms with Crippen LogP contribution in [0.4, 0.5) is 0 Å². The smallest absolute Gasteiger partial charge is 0.163 e. The van der Waals surface area contributed by atoms with E-state index >= 15 is 0 Å². The van der Waals surface area contributed by atoms with Crippen molar-refractivity contribution in [3.05, 3.63) is 60.2 Å². The van der Waals surface area contributed by atoms with Gasteiger partial charge in [-0.25, -0.2) is 0 Å². The summed E-state index contributed by atoms with van der Waals surface area (Å²) in [5.74, 6) is 0.264. The third kappa shape index (κ3) is 3.80. The zero-order valence-corrected chi connectivity index (χ0v) is 12.1. The molecule has 1 nitrogen and oxygen atoms in total. The molecule has 0 atom stereocenters. The van der Waals surface area contributed by atoms with Crippen molar-refractivity contribution in [3.63, 3.8) is 0 Å². The van der Waals surface area contributed by atoms with Crippen molar-refractivity contribution in [1.29, 1.82) is 0 Å². The molecule has 1 heteroatoms. The Morgan fingerprint density at radius 1 is 0.850 bits per heavy atom. The van der Waals surface area contributed by atoms with Gasteiger partial charge in [0.2, 0.25) is 0 Å². The third-order valence-corrected chi connectivity index (χ3v) is 3.57. The molecule has 20 heavy (non-hydrogen) atoms. The summed E-state index contributed by atoms with van der Waals surface area (Å²) < 4.78 is 0. The van der Waals surface area contributed by atoms with Crippen LogP contribution in [0.25, 0.3) is 11.1 Å². The van der Waals surface area contributed by atoms with Gasteiger partial charge in [-0.15, -0.1) is 0 Å². The maximum absolute atomic E-state index is 12.4. The predicted octanol–water partition coefficient (Wildman–Crippen LogP) is 5.51. The topological polar surface area (TPSA) is 17.1 Å². The van der Waals surface area contributed by atoms with Crippen LogP contribution in [0.3, 0.4) is 0 Å². The summed E-state index contributed by atoms with van der Waals surface area (Å²) in [7, 11) is 0. The minimum absolute atomic E-state index is 0.264. The molecule has 2 rings (SSSR count). The lowest BCUT2D eigenvalue weighted by Crippen LogP contribution is -2.01. The first-order valence-corrected chi connectivity index (χ1v) is 7.50. The first-order chi connectivity index (χ1) is 9.83. The number of hydrogen-bond donors (Lipinski definition) is 0. The molecule has 0 fully saturated rings. The lowest BCUT2D eigenvalue weighted by atomic mass is 9.95. The number of carbonyl (C=O) groups excluding carboxylic acids is 1. The zero-order chi connectivity index (χ0) is 14.2. The fourth-order valence-electron chi connectivity index (χ4n) is 2.44. The monoisotopic (exact) mass is 266 g/mol. The summed E-state index contributed by atoms with van der Waals surface area (Å²) in [6, 6.07) is 18.1. The average molecular weight is 266 g/mol. The van der Waals surface area contributed by atoms with Crippen LogP contribution in [0.2, 0.25) is 0 Å². The number of ketones is 1. The van der Waals surface area contributed by atoms with Crippen LogP contribution < -0.4 is 0 Å². The van der Waals surface area contributed by atoms with E-state index in [9.17, 15) is 4.79 Å². The van der Waals surface area contributed by atoms with Crippen LogP contribution in [0.15, 0.2) is 54.6 Å². The number of rotatable bonds is 7. The Hall–Kier alpha value is -1.89. The Morgan fingerprint density at radius 3 is 2.30 bits per heavy atom. The number of Topliss-reactive ketones (excluding diaryl/α,β-unsaturated/α-hetero) is 1. The number of benzene rings is 2. The molecule has 0 aliphatic carbocycles. The van der Waals surface area contributed by atoms with E-state index in [0.29, 0.717) is 6.42 Å². The van der Waals surface area contributed by atoms with E-state index in [2.05, 4.69) is 19.1 Å². The Morgan fingerprint density at radius 2 is 1.55 bits per heavy atom. The summed E-state index contributed by atoms with van der Waals surface area (Å²) in [5.41, 5.74) is 3.02. The summed E-state index contributed by atoms with van der Waals surface area (Å²) >= 11 is 0. The molecule has 104 valence electrons. The maximum atomic E-state index is 12.4. The normalized spacial score (nSPS) is 10.4. The first-order valence-electron chi connectivity index (χ1n) is 7.50. The summed E-state index contributed by atoms with van der Waals surface area (Å²) in [6.07, 6.45) is 5.22. The van der Waals surface area contributed by atoms with Crippen LogP contribution in [0.5, 0.6) is 0 Å². The van der Waals surface area contributed by atoms with Gasteiger partial charge in [0, 0.05) is 12.0 Å². The molecule has 0 amide bonds. The highest BCUT2D eigenvalue weighted by atomic mass is 16.1. The fourth-order valence-corrected chi connectivity index (χ4v) is 2.44. The minimum atomic E-state index is 0.264. The average Bonchev–Trinajstić information content (AvgIpc) is 2.52. The van der Waals surface area contributed by atoms with Crippen LogP contribution in [-0.2, 0) is 0 Å². The third-order valence-electron chi connectivity index (χ3n) is 3.57. The van der Waals surface area contributed by atoms with Crippen molar-refractivity contribution in [2.45, 2.75) is 39.0 Å². The molecule has 0 aliphatic rings. The molecule has 0 unspecified atom stereocenters. The Kier molecular flexibility index (Phi) is 5.55. The molecule has 0 radical (unpaired) electrons. The SMILES string of the molecule is CCCCCCC(=O)c1ccccc1-c1ccccc1. The lowest BCUT2D eigenvalue weighted by molar-refractivity contribution is 0.0980. The molecular weight excluding hydrogens is 244 g/mol. The first kappa shape index (κ1) is 14.5. The predicted molar refractivity (Wildman–Crippen MR) is 85.0 cm³/mol. The van der Waals surface area contributed by atoms with Crippen LogP contribution in [-0.4, -0.2) is 5.78 Å². The molecule has 0 aromatic heterocycles. The van der Waals surface area contributed by atoms with Crippen LogP contribution in [0, 0.1) is 0 Å². The van der Waals surface area contributed by atoms with Gasteiger partial charge in [0.1, 0.15) is 0 Å². The van der Waals surface area contributed by atoms with E-state index in [1.165, 1.54) is 12.8 Å². The zero-order valence-electron chi connectivity index (χ0n) is 12.1. The molecular formula is C19H22O. The number of hydrogen-bond acceptors (Lipinski definition) is 1. The quantitative estimate of drug-likeness (QED) is 0.477. The number of carbonyl (C=O) groups is 1. The van der Waals surface area contributed by atoms with Gasteiger partial charge in [-0.3, -0.25) is 4.79 Å². The van der Waals surface area contributed by atoms with Gasteiger partial charge < -0.3 is 0 Å². The Bertz CT molecular complexity index is 543. The van der Waals surface area contributed by atoms with E-state index in [1.807, 2.05) is 42.5 Å². The highest BCUT2D eigenvalue weighted by Crippen LogP contribution is 2.25. The summed E-state index contributed by atoms with van der Waals surface area (Å²) in [6.45, 7) is 2.19. The highest BCUT2D eigenvalue weighted by Gasteiger charge is 2.11. The van der Waals surface area contributed by atoms with Gasteiger partial charge in [-0.2, -0.15) is 0 Å². The highest BCUT2D eigenvalue weighted by molar-refractivity contribution is 6.02. The van der Waals surface area contributed by atoms with Crippen molar-refractivity contribution in [1.82, 2.24) is 0 Å². The molecule has 0 N–H and O–H groups in total. The lowest BCUT2D eigenvalue weighted by Gasteiger charge is -2.08. The molecule has 2 aromatic carbocycles. The summed E-state index contributed by atoms with van der Waals surface area (Å²) in [5, 5.41) is 0. The molecule has 0 aliphatic heterocycles. The van der Waals surface area contributed by atoms with E-state index in [-0.39, 0.29) is 5.78 Å². The molecule has 0 saturated carbocycles. The van der Waals surface area contributed by atoms with E-state index in [4.69, 9.17) is 0 Å². The second-order valence-electron chi connectivity index (χ2n) is 5.15. The Labute approximate surface area is 121 Å². The summed E-state index contributed by atoms with van der Waals surface area (Å²) in [4.78, 5) is 12.4.